The topological polar surface area (TPSA) is 94.6 Å². The number of ether oxygens (including phenoxy) is 2. The standard InChI is InChI=1S/C22H22N2O5S/c1-2-28-21(26)10-5-11-23-20(25)14-29-22(27)16-13-18(19-9-6-12-30-19)24-17-8-4-3-7-15(16)17/h3-4,6-9,12-13H,2,5,10-11,14H2,1H3,(H,23,25). The number of hydrogen-bond donors (Lipinski definition) is 1. The summed E-state index contributed by atoms with van der Waals surface area (Å²) in [6, 6.07) is 12.8. The van der Waals surface area contributed by atoms with Gasteiger partial charge >= 0.3 is 11.9 Å². The molecule has 7 nitrogen and oxygen atoms in total. The number of amides is 1. The predicted octanol–water partition coefficient (Wildman–Crippen LogP) is 3.58. The Morgan fingerprint density at radius 3 is 2.70 bits per heavy atom. The molecular weight excluding hydrogens is 404 g/mol. The highest BCUT2D eigenvalue weighted by molar-refractivity contribution is 7.13. The SMILES string of the molecule is CCOC(=O)CCCNC(=O)COC(=O)c1cc(-c2cccs2)nc2ccccc12. The van der Waals surface area contributed by atoms with Crippen LogP contribution in [0.5, 0.6) is 0 Å². The molecule has 1 aromatic carbocycles. The number of aromatic nitrogens is 1. The summed E-state index contributed by atoms with van der Waals surface area (Å²) >= 11 is 1.53. The smallest absolute Gasteiger partial charge is 0.339 e. The molecule has 0 saturated heterocycles. The number of para-hydroxylation sites is 1. The van der Waals surface area contributed by atoms with Crippen molar-refractivity contribution in [2.24, 2.45) is 0 Å². The number of hydrogen-bond acceptors (Lipinski definition) is 7. The molecule has 0 bridgehead atoms. The molecule has 30 heavy (non-hydrogen) atoms. The molecule has 1 N–H and O–H groups in total. The van der Waals surface area contributed by atoms with Gasteiger partial charge in [0.15, 0.2) is 6.61 Å². The second-order valence-corrected chi connectivity index (χ2v) is 7.33. The average Bonchev–Trinajstić information content (AvgIpc) is 3.29. The monoisotopic (exact) mass is 426 g/mol. The van der Waals surface area contributed by atoms with Gasteiger partial charge in [-0.05, 0) is 36.9 Å². The van der Waals surface area contributed by atoms with E-state index in [2.05, 4.69) is 10.3 Å². The maximum absolute atomic E-state index is 12.7. The van der Waals surface area contributed by atoms with E-state index in [4.69, 9.17) is 9.47 Å². The van der Waals surface area contributed by atoms with E-state index in [1.54, 1.807) is 19.1 Å². The summed E-state index contributed by atoms with van der Waals surface area (Å²) in [5.74, 6) is -1.32. The number of benzene rings is 1. The first-order valence-electron chi connectivity index (χ1n) is 9.61. The van der Waals surface area contributed by atoms with Crippen LogP contribution in [0.15, 0.2) is 47.8 Å². The molecule has 0 radical (unpaired) electrons. The van der Waals surface area contributed by atoms with Gasteiger partial charge in [0.1, 0.15) is 0 Å². The van der Waals surface area contributed by atoms with E-state index in [0.717, 1.165) is 4.88 Å². The summed E-state index contributed by atoms with van der Waals surface area (Å²) in [6.07, 6.45) is 0.681. The third kappa shape index (κ3) is 5.64. The molecule has 156 valence electrons. The van der Waals surface area contributed by atoms with Gasteiger partial charge in [-0.3, -0.25) is 9.59 Å². The van der Waals surface area contributed by atoms with Gasteiger partial charge in [-0.1, -0.05) is 24.3 Å². The molecule has 8 heteroatoms. The quantitative estimate of drug-likeness (QED) is 0.415. The highest BCUT2D eigenvalue weighted by Crippen LogP contribution is 2.28. The van der Waals surface area contributed by atoms with Gasteiger partial charge in [0, 0.05) is 18.4 Å². The third-order valence-corrected chi connectivity index (χ3v) is 5.12. The van der Waals surface area contributed by atoms with Gasteiger partial charge < -0.3 is 14.8 Å². The number of nitrogens with zero attached hydrogens (tertiary/aromatic N) is 1. The van der Waals surface area contributed by atoms with E-state index in [9.17, 15) is 14.4 Å². The summed E-state index contributed by atoms with van der Waals surface area (Å²) < 4.78 is 10.0. The molecule has 0 aliphatic heterocycles. The lowest BCUT2D eigenvalue weighted by Gasteiger charge is -2.10. The highest BCUT2D eigenvalue weighted by Gasteiger charge is 2.17. The maximum Gasteiger partial charge on any atom is 0.339 e. The molecule has 0 spiro atoms. The molecule has 0 aliphatic carbocycles. The Bertz CT molecular complexity index is 1030. The Labute approximate surface area is 178 Å². The molecule has 3 aromatic rings. The van der Waals surface area contributed by atoms with Gasteiger partial charge in [0.2, 0.25) is 0 Å². The van der Waals surface area contributed by atoms with E-state index in [-0.39, 0.29) is 12.4 Å². The van der Waals surface area contributed by atoms with Crippen molar-refractivity contribution in [1.29, 1.82) is 0 Å². The van der Waals surface area contributed by atoms with Crippen molar-refractivity contribution in [2.75, 3.05) is 19.8 Å². The zero-order chi connectivity index (χ0) is 21.3. The number of carbonyl (C=O) groups excluding carboxylic acids is 3. The lowest BCUT2D eigenvalue weighted by Crippen LogP contribution is -2.30. The number of rotatable bonds is 9. The first kappa shape index (κ1) is 21.4. The largest absolute Gasteiger partial charge is 0.466 e. The van der Waals surface area contributed by atoms with Crippen LogP contribution in [0.1, 0.15) is 30.1 Å². The molecule has 1 amide bonds. The van der Waals surface area contributed by atoms with Crippen LogP contribution in [0.3, 0.4) is 0 Å². The van der Waals surface area contributed by atoms with Crippen molar-refractivity contribution in [2.45, 2.75) is 19.8 Å². The fourth-order valence-corrected chi connectivity index (χ4v) is 3.53. The zero-order valence-electron chi connectivity index (χ0n) is 16.6. The van der Waals surface area contributed by atoms with Gasteiger partial charge in [0.25, 0.3) is 5.91 Å². The summed E-state index contributed by atoms with van der Waals surface area (Å²) in [5, 5.41) is 5.23. The van der Waals surface area contributed by atoms with Crippen LogP contribution in [0.4, 0.5) is 0 Å². The molecule has 3 rings (SSSR count). The molecule has 0 aliphatic rings. The molecule has 0 saturated carbocycles. The van der Waals surface area contributed by atoms with Crippen molar-refractivity contribution in [3.05, 3.63) is 53.4 Å². The lowest BCUT2D eigenvalue weighted by atomic mass is 10.1. The van der Waals surface area contributed by atoms with E-state index in [0.29, 0.717) is 41.7 Å². The fourth-order valence-electron chi connectivity index (χ4n) is 2.85. The Morgan fingerprint density at radius 2 is 1.93 bits per heavy atom. The maximum atomic E-state index is 12.7. The van der Waals surface area contributed by atoms with Crippen molar-refractivity contribution in [3.8, 4) is 10.6 Å². The number of carbonyl (C=O) groups is 3. The first-order chi connectivity index (χ1) is 14.6. The predicted molar refractivity (Wildman–Crippen MR) is 114 cm³/mol. The van der Waals surface area contributed by atoms with Crippen LogP contribution in [0.25, 0.3) is 21.5 Å². The third-order valence-electron chi connectivity index (χ3n) is 4.23. The second-order valence-electron chi connectivity index (χ2n) is 6.38. The first-order valence-corrected chi connectivity index (χ1v) is 10.5. The van der Waals surface area contributed by atoms with E-state index in [1.165, 1.54) is 11.3 Å². The van der Waals surface area contributed by atoms with E-state index in [1.807, 2.05) is 35.7 Å². The van der Waals surface area contributed by atoms with Gasteiger partial charge in [-0.15, -0.1) is 11.3 Å². The van der Waals surface area contributed by atoms with Crippen LogP contribution in [-0.2, 0) is 19.1 Å². The van der Waals surface area contributed by atoms with Crippen molar-refractivity contribution >= 4 is 40.1 Å². The molecule has 0 unspecified atom stereocenters. The Balaban J connectivity index is 1.61. The Hall–Kier alpha value is -3.26. The summed E-state index contributed by atoms with van der Waals surface area (Å²) in [7, 11) is 0. The van der Waals surface area contributed by atoms with Gasteiger partial charge in [0.05, 0.1) is 28.3 Å². The van der Waals surface area contributed by atoms with E-state index >= 15 is 0 Å². The van der Waals surface area contributed by atoms with Crippen molar-refractivity contribution in [1.82, 2.24) is 10.3 Å². The zero-order valence-corrected chi connectivity index (χ0v) is 17.4. The summed E-state index contributed by atoms with van der Waals surface area (Å²) in [5.41, 5.74) is 1.72. The molecular formula is C22H22N2O5S. The van der Waals surface area contributed by atoms with Crippen LogP contribution in [0.2, 0.25) is 0 Å². The molecule has 0 atom stereocenters. The number of fused-ring (bicyclic) bond motifs is 1. The number of nitrogens with one attached hydrogen (secondary N) is 1. The number of thiophene rings is 1. The highest BCUT2D eigenvalue weighted by atomic mass is 32.1. The molecule has 2 aromatic heterocycles. The summed E-state index contributed by atoms with van der Waals surface area (Å²) in [6.45, 7) is 1.97. The molecule has 2 heterocycles. The van der Waals surface area contributed by atoms with Gasteiger partial charge in [-0.25, -0.2) is 9.78 Å². The van der Waals surface area contributed by atoms with Crippen molar-refractivity contribution in [3.63, 3.8) is 0 Å². The number of pyridine rings is 1. The van der Waals surface area contributed by atoms with Crippen LogP contribution in [0, 0.1) is 0 Å². The Kier molecular flexibility index (Phi) is 7.51. The minimum atomic E-state index is -0.590. The van der Waals surface area contributed by atoms with Crippen LogP contribution in [-0.4, -0.2) is 42.6 Å². The van der Waals surface area contributed by atoms with Crippen LogP contribution >= 0.6 is 11.3 Å². The molecule has 0 fully saturated rings. The minimum Gasteiger partial charge on any atom is -0.466 e. The fraction of sp³-hybridized carbons (Fsp3) is 0.273. The van der Waals surface area contributed by atoms with Crippen LogP contribution < -0.4 is 5.32 Å². The number of esters is 2. The minimum absolute atomic E-state index is 0.225. The van der Waals surface area contributed by atoms with Gasteiger partial charge in [-0.2, -0.15) is 0 Å². The second kappa shape index (κ2) is 10.5. The lowest BCUT2D eigenvalue weighted by molar-refractivity contribution is -0.143. The summed E-state index contributed by atoms with van der Waals surface area (Å²) in [4.78, 5) is 41.5. The van der Waals surface area contributed by atoms with Crippen molar-refractivity contribution < 1.29 is 23.9 Å². The normalized spacial score (nSPS) is 10.6. The van der Waals surface area contributed by atoms with E-state index < -0.39 is 18.5 Å². The average molecular weight is 426 g/mol. The Morgan fingerprint density at radius 1 is 1.10 bits per heavy atom.